The number of hydrogen-bond donors (Lipinski definition) is 3. The minimum Gasteiger partial charge on any atom is -0.477 e. The summed E-state index contributed by atoms with van der Waals surface area (Å²) in [7, 11) is 1.75. The second kappa shape index (κ2) is 12.5. The van der Waals surface area contributed by atoms with Crippen molar-refractivity contribution in [2.45, 2.75) is 44.4 Å². The van der Waals surface area contributed by atoms with Crippen LogP contribution < -0.4 is 25.6 Å². The molecule has 3 atom stereocenters. The van der Waals surface area contributed by atoms with Crippen molar-refractivity contribution in [3.05, 3.63) is 30.7 Å². The van der Waals surface area contributed by atoms with Crippen LogP contribution in [-0.4, -0.2) is 90.1 Å². The fourth-order valence-electron chi connectivity index (χ4n) is 4.34. The van der Waals surface area contributed by atoms with Crippen LogP contribution in [0.2, 0.25) is 0 Å². The highest BCUT2D eigenvalue weighted by Crippen LogP contribution is 2.23. The summed E-state index contributed by atoms with van der Waals surface area (Å²) in [5, 5.41) is 8.45. The standard InChI is InChI=1S/C24H33FN8O4/c1-3-36-22-13-28-20(12-29-22)31-23(34)32(2)19-5-4-8-33(14-19)21-10-17(6-7-26-21)30-24(35)37-15-18-9-16(25)11-27-18/h6-7,10,12-13,16,18-19,27H,3-5,8-9,11,14-15H2,1-2H3,(H,26,30,35)(H,28,31,34)/t16-,18+,19-/m1/s1. The van der Waals surface area contributed by atoms with E-state index in [1.165, 1.54) is 12.4 Å². The highest BCUT2D eigenvalue weighted by molar-refractivity contribution is 5.88. The molecule has 0 bridgehead atoms. The van der Waals surface area contributed by atoms with E-state index < -0.39 is 12.3 Å². The molecule has 2 fully saturated rings. The highest BCUT2D eigenvalue weighted by Gasteiger charge is 2.28. The number of hydrogen-bond acceptors (Lipinski definition) is 9. The topological polar surface area (TPSA) is 134 Å². The van der Waals surface area contributed by atoms with Crippen LogP contribution in [0, 0.1) is 0 Å². The van der Waals surface area contributed by atoms with Gasteiger partial charge in [0.05, 0.1) is 25.0 Å². The second-order valence-corrected chi connectivity index (χ2v) is 9.02. The Kier molecular flexibility index (Phi) is 8.88. The predicted octanol–water partition coefficient (Wildman–Crippen LogP) is 2.65. The number of urea groups is 1. The molecular formula is C24H33FN8O4. The molecule has 12 nitrogen and oxygen atoms in total. The molecule has 3 amide bonds. The number of likely N-dealkylation sites (N-methyl/N-ethyl adjacent to an activating group) is 1. The van der Waals surface area contributed by atoms with Crippen molar-refractivity contribution in [1.29, 1.82) is 0 Å². The zero-order chi connectivity index (χ0) is 26.2. The Balaban J connectivity index is 1.29. The van der Waals surface area contributed by atoms with Crippen LogP contribution in [0.4, 0.5) is 31.3 Å². The van der Waals surface area contributed by atoms with Gasteiger partial charge in [0.1, 0.15) is 18.6 Å². The van der Waals surface area contributed by atoms with Crippen molar-refractivity contribution >= 4 is 29.4 Å². The Morgan fingerprint density at radius 3 is 2.86 bits per heavy atom. The van der Waals surface area contributed by atoms with Crippen LogP contribution in [0.15, 0.2) is 30.7 Å². The Bertz CT molecular complexity index is 1060. The maximum absolute atomic E-state index is 13.3. The van der Waals surface area contributed by atoms with Crippen molar-refractivity contribution in [2.75, 3.05) is 55.4 Å². The summed E-state index contributed by atoms with van der Waals surface area (Å²) in [5.74, 6) is 1.43. The summed E-state index contributed by atoms with van der Waals surface area (Å²) < 4.78 is 23.8. The highest BCUT2D eigenvalue weighted by atomic mass is 19.1. The van der Waals surface area contributed by atoms with E-state index in [1.807, 2.05) is 6.92 Å². The number of carbonyl (C=O) groups is 2. The van der Waals surface area contributed by atoms with E-state index in [0.29, 0.717) is 42.8 Å². The molecular weight excluding hydrogens is 483 g/mol. The molecule has 0 saturated carbocycles. The van der Waals surface area contributed by atoms with Gasteiger partial charge in [-0.3, -0.25) is 10.6 Å². The van der Waals surface area contributed by atoms with E-state index >= 15 is 0 Å². The normalized spacial score (nSPS) is 21.3. The third-order valence-corrected chi connectivity index (χ3v) is 6.32. The lowest BCUT2D eigenvalue weighted by molar-refractivity contribution is 0.150. The minimum absolute atomic E-state index is 0.0500. The zero-order valence-electron chi connectivity index (χ0n) is 21.0. The maximum Gasteiger partial charge on any atom is 0.411 e. The van der Waals surface area contributed by atoms with Gasteiger partial charge in [-0.2, -0.15) is 0 Å². The molecule has 37 heavy (non-hydrogen) atoms. The van der Waals surface area contributed by atoms with Crippen molar-refractivity contribution in [3.63, 3.8) is 0 Å². The molecule has 3 N–H and O–H groups in total. The first-order chi connectivity index (χ1) is 17.9. The molecule has 2 aliphatic rings. The van der Waals surface area contributed by atoms with E-state index in [-0.39, 0.29) is 31.3 Å². The van der Waals surface area contributed by atoms with Gasteiger partial charge in [0, 0.05) is 50.7 Å². The van der Waals surface area contributed by atoms with Crippen molar-refractivity contribution in [1.82, 2.24) is 25.2 Å². The summed E-state index contributed by atoms with van der Waals surface area (Å²) in [6.45, 7) is 4.09. The predicted molar refractivity (Wildman–Crippen MR) is 136 cm³/mol. The average Bonchev–Trinajstić information content (AvgIpc) is 3.33. The molecule has 2 saturated heterocycles. The molecule has 200 valence electrons. The van der Waals surface area contributed by atoms with Gasteiger partial charge in [-0.1, -0.05) is 0 Å². The molecule has 2 aromatic heterocycles. The molecule has 4 heterocycles. The first-order valence-corrected chi connectivity index (χ1v) is 12.4. The molecule has 4 rings (SSSR count). The Labute approximate surface area is 214 Å². The Morgan fingerprint density at radius 2 is 2.14 bits per heavy atom. The molecule has 0 aliphatic carbocycles. The summed E-state index contributed by atoms with van der Waals surface area (Å²) >= 11 is 0. The molecule has 0 spiro atoms. The van der Waals surface area contributed by atoms with Crippen molar-refractivity contribution in [3.8, 4) is 5.88 Å². The number of nitrogens with zero attached hydrogens (tertiary/aromatic N) is 5. The Hall–Kier alpha value is -3.74. The molecule has 2 aliphatic heterocycles. The lowest BCUT2D eigenvalue weighted by atomic mass is 10.0. The number of aromatic nitrogens is 3. The SMILES string of the molecule is CCOc1cnc(NC(=O)N(C)[C@@H]2CCCN(c3cc(NC(=O)OC[C@@H]4C[C@@H](F)CN4)ccn3)C2)cn1. The van der Waals surface area contributed by atoms with Gasteiger partial charge in [-0.05, 0) is 32.3 Å². The number of amides is 3. The largest absolute Gasteiger partial charge is 0.477 e. The van der Waals surface area contributed by atoms with Crippen LogP contribution in [0.5, 0.6) is 5.88 Å². The molecule has 13 heteroatoms. The first kappa shape index (κ1) is 26.3. The molecule has 0 radical (unpaired) electrons. The van der Waals surface area contributed by atoms with Crippen LogP contribution in [0.3, 0.4) is 0 Å². The summed E-state index contributed by atoms with van der Waals surface area (Å²) in [5.41, 5.74) is 0.542. The maximum atomic E-state index is 13.3. The summed E-state index contributed by atoms with van der Waals surface area (Å²) in [6, 6.07) is 2.94. The van der Waals surface area contributed by atoms with Gasteiger partial charge in [0.25, 0.3) is 0 Å². The number of nitrogens with one attached hydrogen (secondary N) is 3. The van der Waals surface area contributed by atoms with E-state index in [0.717, 1.165) is 19.4 Å². The van der Waals surface area contributed by atoms with Crippen LogP contribution in [0.1, 0.15) is 26.2 Å². The van der Waals surface area contributed by atoms with E-state index in [9.17, 15) is 14.0 Å². The van der Waals surface area contributed by atoms with Crippen LogP contribution in [0.25, 0.3) is 0 Å². The van der Waals surface area contributed by atoms with Crippen LogP contribution in [-0.2, 0) is 4.74 Å². The molecule has 0 unspecified atom stereocenters. The van der Waals surface area contributed by atoms with E-state index in [2.05, 4.69) is 35.8 Å². The van der Waals surface area contributed by atoms with Gasteiger partial charge < -0.3 is 24.6 Å². The fourth-order valence-corrected chi connectivity index (χ4v) is 4.34. The second-order valence-electron chi connectivity index (χ2n) is 9.02. The van der Waals surface area contributed by atoms with Crippen LogP contribution >= 0.6 is 0 Å². The van der Waals surface area contributed by atoms with Crippen molar-refractivity contribution < 1.29 is 23.5 Å². The molecule has 2 aromatic rings. The number of carbonyl (C=O) groups excluding carboxylic acids is 2. The summed E-state index contributed by atoms with van der Waals surface area (Å²) in [6.07, 6.45) is 5.08. The smallest absolute Gasteiger partial charge is 0.411 e. The quantitative estimate of drug-likeness (QED) is 0.484. The lowest BCUT2D eigenvalue weighted by Gasteiger charge is -2.38. The number of pyridine rings is 1. The van der Waals surface area contributed by atoms with E-state index in [4.69, 9.17) is 9.47 Å². The van der Waals surface area contributed by atoms with Gasteiger partial charge in [0.15, 0.2) is 5.82 Å². The zero-order valence-corrected chi connectivity index (χ0v) is 21.0. The van der Waals surface area contributed by atoms with Crippen molar-refractivity contribution in [2.24, 2.45) is 0 Å². The molecule has 0 aromatic carbocycles. The number of piperidine rings is 1. The number of halogens is 1. The lowest BCUT2D eigenvalue weighted by Crippen LogP contribution is -2.50. The summed E-state index contributed by atoms with van der Waals surface area (Å²) in [4.78, 5) is 41.5. The Morgan fingerprint density at radius 1 is 1.27 bits per heavy atom. The first-order valence-electron chi connectivity index (χ1n) is 12.4. The van der Waals surface area contributed by atoms with Gasteiger partial charge >= 0.3 is 12.1 Å². The third kappa shape index (κ3) is 7.38. The third-order valence-electron chi connectivity index (χ3n) is 6.32. The average molecular weight is 517 g/mol. The van der Waals surface area contributed by atoms with Gasteiger partial charge in [-0.25, -0.2) is 28.9 Å². The monoisotopic (exact) mass is 516 g/mol. The number of anilines is 3. The number of alkyl halides is 1. The van der Waals surface area contributed by atoms with E-state index in [1.54, 1.807) is 30.3 Å². The number of rotatable bonds is 8. The fraction of sp³-hybridized carbons (Fsp3) is 0.542. The van der Waals surface area contributed by atoms with Gasteiger partial charge in [-0.15, -0.1) is 0 Å². The number of ether oxygens (including phenoxy) is 2. The van der Waals surface area contributed by atoms with Gasteiger partial charge in [0.2, 0.25) is 5.88 Å². The minimum atomic E-state index is -0.904.